The number of thioether (sulfide) groups is 1. The number of aromatic nitrogens is 4. The smallest absolute Gasteiger partial charge is 0.281 e. The number of rotatable bonds is 8. The normalized spacial score (nSPS) is 10.9. The molecule has 1 N–H and O–H groups in total. The maximum atomic E-state index is 13.2. The first-order chi connectivity index (χ1) is 15.9. The largest absolute Gasteiger partial charge is 0.490 e. The van der Waals surface area contributed by atoms with Crippen LogP contribution in [0.25, 0.3) is 5.69 Å². The van der Waals surface area contributed by atoms with Crippen LogP contribution < -0.4 is 10.1 Å². The third-order valence-corrected chi connectivity index (χ3v) is 6.89. The van der Waals surface area contributed by atoms with Gasteiger partial charge in [0, 0.05) is 15.8 Å². The van der Waals surface area contributed by atoms with E-state index >= 15 is 0 Å². The van der Waals surface area contributed by atoms with Crippen molar-refractivity contribution >= 4 is 57.3 Å². The Morgan fingerprint density at radius 2 is 2.00 bits per heavy atom. The highest BCUT2D eigenvalue weighted by atomic mass is 35.5. The van der Waals surface area contributed by atoms with Gasteiger partial charge in [-0.05, 0) is 48.9 Å². The quantitative estimate of drug-likeness (QED) is 0.221. The van der Waals surface area contributed by atoms with E-state index in [1.54, 1.807) is 37.4 Å². The highest BCUT2D eigenvalue weighted by Crippen LogP contribution is 2.32. The van der Waals surface area contributed by atoms with Crippen LogP contribution in [0.5, 0.6) is 5.75 Å². The third kappa shape index (κ3) is 5.83. The van der Waals surface area contributed by atoms with Gasteiger partial charge in [-0.1, -0.05) is 52.4 Å². The van der Waals surface area contributed by atoms with Crippen molar-refractivity contribution in [3.05, 3.63) is 75.8 Å². The maximum absolute atomic E-state index is 13.2. The van der Waals surface area contributed by atoms with E-state index in [0.717, 1.165) is 5.56 Å². The fourth-order valence-electron chi connectivity index (χ4n) is 2.76. The predicted molar refractivity (Wildman–Crippen MR) is 129 cm³/mol. The zero-order valence-corrected chi connectivity index (χ0v) is 20.2. The van der Waals surface area contributed by atoms with Crippen molar-refractivity contribution < 1.29 is 13.9 Å². The summed E-state index contributed by atoms with van der Waals surface area (Å²) in [6.45, 7) is 2.15. The second kappa shape index (κ2) is 10.5. The number of hydrogen-bond acceptors (Lipinski definition) is 7. The van der Waals surface area contributed by atoms with Gasteiger partial charge in [0.15, 0.2) is 15.8 Å². The Bertz CT molecular complexity index is 1280. The minimum atomic E-state index is -0.493. The lowest BCUT2D eigenvalue weighted by atomic mass is 10.2. The van der Waals surface area contributed by atoms with Crippen molar-refractivity contribution in [2.75, 3.05) is 11.9 Å². The molecule has 12 heteroatoms. The molecule has 0 aliphatic rings. The number of ether oxygens (including phenoxy) is 1. The summed E-state index contributed by atoms with van der Waals surface area (Å²) in [5.74, 6) is 0.0237. The van der Waals surface area contributed by atoms with E-state index in [4.69, 9.17) is 27.9 Å². The molecule has 7 nitrogen and oxygen atoms in total. The highest BCUT2D eigenvalue weighted by Gasteiger charge is 2.20. The molecule has 0 aliphatic carbocycles. The molecule has 0 unspecified atom stereocenters. The van der Waals surface area contributed by atoms with E-state index in [1.165, 1.54) is 39.9 Å². The van der Waals surface area contributed by atoms with Crippen molar-refractivity contribution in [3.8, 4) is 11.4 Å². The summed E-state index contributed by atoms with van der Waals surface area (Å²) in [4.78, 5) is 12.8. The molecule has 2 aromatic carbocycles. The van der Waals surface area contributed by atoms with Crippen molar-refractivity contribution in [1.82, 2.24) is 20.0 Å². The molecule has 0 radical (unpaired) electrons. The number of carbonyl (C=O) groups is 1. The van der Waals surface area contributed by atoms with E-state index < -0.39 is 5.91 Å². The number of anilines is 1. The van der Waals surface area contributed by atoms with Crippen molar-refractivity contribution in [2.24, 2.45) is 0 Å². The second-order valence-corrected chi connectivity index (χ2v) is 9.59. The molecule has 0 saturated carbocycles. The molecule has 170 valence electrons. The van der Waals surface area contributed by atoms with Crippen LogP contribution in [0, 0.1) is 5.82 Å². The molecule has 4 aromatic rings. The molecule has 2 heterocycles. The van der Waals surface area contributed by atoms with Gasteiger partial charge in [-0.3, -0.25) is 10.1 Å². The van der Waals surface area contributed by atoms with Crippen LogP contribution in [-0.2, 0) is 5.75 Å². The van der Waals surface area contributed by atoms with Crippen molar-refractivity contribution in [1.29, 1.82) is 0 Å². The number of hydrogen-bond donors (Lipinski definition) is 1. The van der Waals surface area contributed by atoms with Gasteiger partial charge in [-0.25, -0.2) is 9.07 Å². The highest BCUT2D eigenvalue weighted by molar-refractivity contribution is 8.00. The van der Waals surface area contributed by atoms with Crippen LogP contribution in [0.2, 0.25) is 10.0 Å². The number of benzene rings is 2. The Hall–Kier alpha value is -2.66. The van der Waals surface area contributed by atoms with Gasteiger partial charge in [0.05, 0.1) is 18.5 Å². The SMILES string of the molecule is CCOc1cn(-c2ccc(F)cc2)nc1C(=O)Nc1nnc(SCc2ccc(Cl)cc2Cl)s1. The molecule has 2 aromatic heterocycles. The van der Waals surface area contributed by atoms with Gasteiger partial charge < -0.3 is 4.74 Å². The fourth-order valence-corrected chi connectivity index (χ4v) is 5.06. The average molecular weight is 524 g/mol. The molecule has 0 aliphatic heterocycles. The standard InChI is InChI=1S/C21H16Cl2FN5O2S2/c1-2-31-17-10-29(15-7-5-14(24)6-8-15)28-18(17)19(30)25-20-26-27-21(33-20)32-11-12-3-4-13(22)9-16(12)23/h3-10H,2,11H2,1H3,(H,25,26,30). The molecule has 33 heavy (non-hydrogen) atoms. The van der Waals surface area contributed by atoms with Crippen LogP contribution in [0.4, 0.5) is 9.52 Å². The Labute approximate surface area is 206 Å². The molecule has 0 bridgehead atoms. The van der Waals surface area contributed by atoms with E-state index in [9.17, 15) is 9.18 Å². The molecular weight excluding hydrogens is 508 g/mol. The third-order valence-electron chi connectivity index (χ3n) is 4.28. The summed E-state index contributed by atoms with van der Waals surface area (Å²) in [5, 5.41) is 16.6. The average Bonchev–Trinajstić information content (AvgIpc) is 3.41. The molecule has 4 rings (SSSR count). The van der Waals surface area contributed by atoms with E-state index in [1.807, 2.05) is 6.07 Å². The molecule has 0 atom stereocenters. The van der Waals surface area contributed by atoms with Gasteiger partial charge in [0.2, 0.25) is 5.13 Å². The monoisotopic (exact) mass is 523 g/mol. The Balaban J connectivity index is 1.45. The number of nitrogens with one attached hydrogen (secondary N) is 1. The zero-order valence-electron chi connectivity index (χ0n) is 17.1. The van der Waals surface area contributed by atoms with Crippen LogP contribution >= 0.6 is 46.3 Å². The lowest BCUT2D eigenvalue weighted by molar-refractivity contribution is 0.101. The van der Waals surface area contributed by atoms with E-state index in [0.29, 0.717) is 43.3 Å². The summed E-state index contributed by atoms with van der Waals surface area (Å²) >= 11 is 14.8. The maximum Gasteiger partial charge on any atom is 0.281 e. The number of carbonyl (C=O) groups excluding carboxylic acids is 1. The topological polar surface area (TPSA) is 81.9 Å². The first kappa shape index (κ1) is 23.5. The lowest BCUT2D eigenvalue weighted by Crippen LogP contribution is -2.14. The number of halogens is 3. The first-order valence-corrected chi connectivity index (χ1v) is 12.2. The van der Waals surface area contributed by atoms with E-state index in [2.05, 4.69) is 20.6 Å². The second-order valence-electron chi connectivity index (χ2n) is 6.55. The molecule has 1 amide bonds. The molecule has 0 fully saturated rings. The van der Waals surface area contributed by atoms with Gasteiger partial charge in [0.1, 0.15) is 5.82 Å². The van der Waals surface area contributed by atoms with Crippen molar-refractivity contribution in [3.63, 3.8) is 0 Å². The summed E-state index contributed by atoms with van der Waals surface area (Å²) in [6.07, 6.45) is 1.57. The summed E-state index contributed by atoms with van der Waals surface area (Å²) in [6, 6.07) is 11.1. The predicted octanol–water partition coefficient (Wildman–Crippen LogP) is 6.11. The molecule has 0 spiro atoms. The van der Waals surface area contributed by atoms with Gasteiger partial charge in [-0.2, -0.15) is 5.10 Å². The fraction of sp³-hybridized carbons (Fsp3) is 0.143. The summed E-state index contributed by atoms with van der Waals surface area (Å²) in [5.41, 5.74) is 1.59. The molecular formula is C21H16Cl2FN5O2S2. The van der Waals surface area contributed by atoms with Crippen LogP contribution in [0.15, 0.2) is 53.0 Å². The van der Waals surface area contributed by atoms with E-state index in [-0.39, 0.29) is 11.5 Å². The summed E-state index contributed by atoms with van der Waals surface area (Å²) in [7, 11) is 0. The Kier molecular flexibility index (Phi) is 7.49. The summed E-state index contributed by atoms with van der Waals surface area (Å²) < 4.78 is 20.9. The Morgan fingerprint density at radius 1 is 1.21 bits per heavy atom. The van der Waals surface area contributed by atoms with Crippen LogP contribution in [-0.4, -0.2) is 32.5 Å². The van der Waals surface area contributed by atoms with Gasteiger partial charge in [-0.15, -0.1) is 10.2 Å². The zero-order chi connectivity index (χ0) is 23.4. The number of amides is 1. The number of nitrogens with zero attached hydrogens (tertiary/aromatic N) is 4. The molecule has 0 saturated heterocycles. The van der Waals surface area contributed by atoms with Crippen LogP contribution in [0.1, 0.15) is 23.0 Å². The minimum Gasteiger partial charge on any atom is -0.490 e. The lowest BCUT2D eigenvalue weighted by Gasteiger charge is -2.02. The van der Waals surface area contributed by atoms with Gasteiger partial charge in [0.25, 0.3) is 5.91 Å². The Morgan fingerprint density at radius 3 is 2.73 bits per heavy atom. The van der Waals surface area contributed by atoms with Crippen molar-refractivity contribution in [2.45, 2.75) is 17.0 Å². The van der Waals surface area contributed by atoms with Gasteiger partial charge >= 0.3 is 0 Å². The first-order valence-electron chi connectivity index (χ1n) is 9.63. The van der Waals surface area contributed by atoms with Crippen LogP contribution in [0.3, 0.4) is 0 Å². The minimum absolute atomic E-state index is 0.0820.